The Morgan fingerprint density at radius 1 is 1.58 bits per heavy atom. The van der Waals surface area contributed by atoms with E-state index in [1.807, 2.05) is 0 Å². The van der Waals surface area contributed by atoms with Gasteiger partial charge in [0.15, 0.2) is 0 Å². The Kier molecular flexibility index (Phi) is 1.95. The molecule has 12 heavy (non-hydrogen) atoms. The predicted octanol–water partition coefficient (Wildman–Crippen LogP) is 0.144. The third-order valence-electron chi connectivity index (χ3n) is 1.24. The van der Waals surface area contributed by atoms with Gasteiger partial charge in [0.1, 0.15) is 12.9 Å². The Bertz CT molecular complexity index is 323. The van der Waals surface area contributed by atoms with E-state index < -0.39 is 18.4 Å². The SMILES string of the molecule is Cn1ncn(CC(F)(F)F)c1=O. The maximum absolute atomic E-state index is 11.7. The molecule has 0 atom stereocenters. The van der Waals surface area contributed by atoms with E-state index >= 15 is 0 Å². The summed E-state index contributed by atoms with van der Waals surface area (Å²) < 4.78 is 36.5. The minimum atomic E-state index is -4.38. The molecule has 4 nitrogen and oxygen atoms in total. The second-order valence-electron chi connectivity index (χ2n) is 2.28. The number of rotatable bonds is 1. The van der Waals surface area contributed by atoms with Gasteiger partial charge in [0.25, 0.3) is 0 Å². The third-order valence-corrected chi connectivity index (χ3v) is 1.24. The van der Waals surface area contributed by atoms with Gasteiger partial charge in [-0.1, -0.05) is 0 Å². The van der Waals surface area contributed by atoms with Crippen molar-refractivity contribution in [1.29, 1.82) is 0 Å². The van der Waals surface area contributed by atoms with Crippen molar-refractivity contribution in [3.05, 3.63) is 16.8 Å². The van der Waals surface area contributed by atoms with Gasteiger partial charge in [0.05, 0.1) is 0 Å². The van der Waals surface area contributed by atoms with E-state index in [-0.39, 0.29) is 0 Å². The molecule has 0 unspecified atom stereocenters. The molecule has 68 valence electrons. The quantitative estimate of drug-likeness (QED) is 0.618. The van der Waals surface area contributed by atoms with Crippen molar-refractivity contribution in [2.75, 3.05) is 0 Å². The Morgan fingerprint density at radius 2 is 2.17 bits per heavy atom. The summed E-state index contributed by atoms with van der Waals surface area (Å²) in [6.45, 7) is -1.29. The first-order valence-electron chi connectivity index (χ1n) is 3.05. The van der Waals surface area contributed by atoms with Gasteiger partial charge in [-0.3, -0.25) is 4.57 Å². The van der Waals surface area contributed by atoms with Crippen LogP contribution in [0.4, 0.5) is 13.2 Å². The molecule has 1 aromatic heterocycles. The molecule has 7 heteroatoms. The van der Waals surface area contributed by atoms with Crippen LogP contribution in [0.1, 0.15) is 0 Å². The standard InChI is InChI=1S/C5H6F3N3O/c1-10-4(12)11(3-9-10)2-5(6,7)8/h3H,2H2,1H3. The number of alkyl halides is 3. The summed E-state index contributed by atoms with van der Waals surface area (Å²) in [5.74, 6) is 0. The van der Waals surface area contributed by atoms with Crippen LogP contribution in [0, 0.1) is 0 Å². The highest BCUT2D eigenvalue weighted by atomic mass is 19.4. The minimum absolute atomic E-state index is 0.500. The van der Waals surface area contributed by atoms with Crippen LogP contribution in [0.2, 0.25) is 0 Å². The van der Waals surface area contributed by atoms with Gasteiger partial charge in [0.2, 0.25) is 0 Å². The fourth-order valence-electron chi connectivity index (χ4n) is 0.726. The number of nitrogens with zero attached hydrogens (tertiary/aromatic N) is 3. The summed E-state index contributed by atoms with van der Waals surface area (Å²) >= 11 is 0. The molecule has 1 aromatic rings. The average molecular weight is 181 g/mol. The molecule has 0 radical (unpaired) electrons. The van der Waals surface area contributed by atoms with Crippen LogP contribution in [-0.4, -0.2) is 20.5 Å². The lowest BCUT2D eigenvalue weighted by Crippen LogP contribution is -2.28. The maximum Gasteiger partial charge on any atom is 0.406 e. The average Bonchev–Trinajstić information content (AvgIpc) is 2.16. The highest BCUT2D eigenvalue weighted by Gasteiger charge is 2.28. The molecular formula is C5H6F3N3O. The van der Waals surface area contributed by atoms with Gasteiger partial charge in [0, 0.05) is 7.05 Å². The zero-order valence-corrected chi connectivity index (χ0v) is 6.17. The van der Waals surface area contributed by atoms with Crippen molar-refractivity contribution in [3.8, 4) is 0 Å². The van der Waals surface area contributed by atoms with E-state index in [4.69, 9.17) is 0 Å². The molecule has 0 saturated heterocycles. The fraction of sp³-hybridized carbons (Fsp3) is 0.600. The lowest BCUT2D eigenvalue weighted by molar-refractivity contribution is -0.141. The molecule has 0 aliphatic heterocycles. The van der Waals surface area contributed by atoms with Crippen LogP contribution in [0.5, 0.6) is 0 Å². The van der Waals surface area contributed by atoms with Crippen LogP contribution < -0.4 is 5.69 Å². The summed E-state index contributed by atoms with van der Waals surface area (Å²) in [6.07, 6.45) is -3.53. The number of hydrogen-bond donors (Lipinski definition) is 0. The fourth-order valence-corrected chi connectivity index (χ4v) is 0.726. The second-order valence-corrected chi connectivity index (χ2v) is 2.28. The van der Waals surface area contributed by atoms with Crippen molar-refractivity contribution in [2.24, 2.45) is 7.05 Å². The molecule has 0 saturated carbocycles. The van der Waals surface area contributed by atoms with Crippen molar-refractivity contribution in [2.45, 2.75) is 12.7 Å². The molecule has 0 amide bonds. The highest BCUT2D eigenvalue weighted by Crippen LogP contribution is 2.15. The summed E-state index contributed by atoms with van der Waals surface area (Å²) in [4.78, 5) is 10.8. The second kappa shape index (κ2) is 2.65. The lowest BCUT2D eigenvalue weighted by Gasteiger charge is -2.04. The summed E-state index contributed by atoms with van der Waals surface area (Å²) in [7, 11) is 1.29. The number of halogens is 3. The van der Waals surface area contributed by atoms with E-state index in [1.54, 1.807) is 0 Å². The highest BCUT2D eigenvalue weighted by molar-refractivity contribution is 4.68. The van der Waals surface area contributed by atoms with Crippen LogP contribution in [0.15, 0.2) is 11.1 Å². The van der Waals surface area contributed by atoms with Crippen LogP contribution in [0.3, 0.4) is 0 Å². The molecule has 0 bridgehead atoms. The Morgan fingerprint density at radius 3 is 2.50 bits per heavy atom. The van der Waals surface area contributed by atoms with E-state index in [2.05, 4.69) is 5.10 Å². The zero-order chi connectivity index (χ0) is 9.35. The van der Waals surface area contributed by atoms with Crippen LogP contribution >= 0.6 is 0 Å². The van der Waals surface area contributed by atoms with Crippen molar-refractivity contribution in [3.63, 3.8) is 0 Å². The Hall–Kier alpha value is -1.27. The van der Waals surface area contributed by atoms with Gasteiger partial charge < -0.3 is 0 Å². The van der Waals surface area contributed by atoms with E-state index in [9.17, 15) is 18.0 Å². The molecule has 1 rings (SSSR count). The number of hydrogen-bond acceptors (Lipinski definition) is 2. The first-order valence-corrected chi connectivity index (χ1v) is 3.05. The summed E-state index contributed by atoms with van der Waals surface area (Å²) in [6, 6.07) is 0. The largest absolute Gasteiger partial charge is 0.406 e. The van der Waals surface area contributed by atoms with Gasteiger partial charge in [-0.25, -0.2) is 9.48 Å². The molecule has 0 aliphatic carbocycles. The smallest absolute Gasteiger partial charge is 0.272 e. The number of aromatic nitrogens is 3. The van der Waals surface area contributed by atoms with E-state index in [1.165, 1.54) is 7.05 Å². The van der Waals surface area contributed by atoms with Gasteiger partial charge in [-0.05, 0) is 0 Å². The van der Waals surface area contributed by atoms with Gasteiger partial charge in [-0.15, -0.1) is 0 Å². The molecule has 0 aromatic carbocycles. The maximum atomic E-state index is 11.7. The topological polar surface area (TPSA) is 39.8 Å². The molecule has 0 fully saturated rings. The van der Waals surface area contributed by atoms with Crippen molar-refractivity contribution < 1.29 is 13.2 Å². The zero-order valence-electron chi connectivity index (χ0n) is 6.17. The number of aryl methyl sites for hydroxylation is 1. The van der Waals surface area contributed by atoms with E-state index in [0.29, 0.717) is 4.57 Å². The van der Waals surface area contributed by atoms with Crippen LogP contribution in [-0.2, 0) is 13.6 Å². The van der Waals surface area contributed by atoms with Gasteiger partial charge >= 0.3 is 11.9 Å². The summed E-state index contributed by atoms with van der Waals surface area (Å²) in [5.41, 5.74) is -0.771. The molecular weight excluding hydrogens is 175 g/mol. The first kappa shape index (κ1) is 8.82. The molecule has 1 heterocycles. The predicted molar refractivity (Wildman–Crippen MR) is 33.5 cm³/mol. The molecule has 0 spiro atoms. The monoisotopic (exact) mass is 181 g/mol. The van der Waals surface area contributed by atoms with E-state index in [0.717, 1.165) is 11.0 Å². The first-order chi connectivity index (χ1) is 5.40. The third kappa shape index (κ3) is 1.86. The van der Waals surface area contributed by atoms with Crippen molar-refractivity contribution >= 4 is 0 Å². The summed E-state index contributed by atoms with van der Waals surface area (Å²) in [5, 5.41) is 3.37. The minimum Gasteiger partial charge on any atom is -0.272 e. The Balaban J connectivity index is 2.91. The van der Waals surface area contributed by atoms with Crippen molar-refractivity contribution in [1.82, 2.24) is 14.3 Å². The molecule has 0 N–H and O–H groups in total. The van der Waals surface area contributed by atoms with Gasteiger partial charge in [-0.2, -0.15) is 18.3 Å². The lowest BCUT2D eigenvalue weighted by atomic mass is 10.6. The molecule has 0 aliphatic rings. The Labute approximate surface area is 65.2 Å². The normalized spacial score (nSPS) is 12.0. The van der Waals surface area contributed by atoms with Crippen LogP contribution in [0.25, 0.3) is 0 Å².